The Hall–Kier alpha value is -2.87. The van der Waals surface area contributed by atoms with Gasteiger partial charge in [0, 0.05) is 32.1 Å². The summed E-state index contributed by atoms with van der Waals surface area (Å²) >= 11 is 6.23. The molecule has 30 heavy (non-hydrogen) atoms. The molecule has 1 aliphatic rings. The molecule has 162 valence electrons. The van der Waals surface area contributed by atoms with Gasteiger partial charge >= 0.3 is 6.03 Å². The summed E-state index contributed by atoms with van der Waals surface area (Å²) in [6.45, 7) is 3.10. The fourth-order valence-electron chi connectivity index (χ4n) is 3.57. The number of nitrogens with zero attached hydrogens (tertiary/aromatic N) is 2. The van der Waals surface area contributed by atoms with Gasteiger partial charge in [0.15, 0.2) is 0 Å². The van der Waals surface area contributed by atoms with Crippen molar-refractivity contribution in [3.63, 3.8) is 0 Å². The maximum Gasteiger partial charge on any atom is 0.322 e. The first-order valence-electron chi connectivity index (χ1n) is 9.70. The van der Waals surface area contributed by atoms with Crippen LogP contribution in [0.2, 0.25) is 5.02 Å². The van der Waals surface area contributed by atoms with Crippen molar-refractivity contribution in [2.75, 3.05) is 32.6 Å². The largest absolute Gasteiger partial charge is 0.495 e. The van der Waals surface area contributed by atoms with E-state index >= 15 is 0 Å². The van der Waals surface area contributed by atoms with E-state index in [1.807, 2.05) is 6.07 Å². The molecule has 9 heteroatoms. The van der Waals surface area contributed by atoms with Gasteiger partial charge in [-0.05, 0) is 31.0 Å². The lowest BCUT2D eigenvalue weighted by atomic mass is 10.0. The van der Waals surface area contributed by atoms with Gasteiger partial charge in [-0.2, -0.15) is 0 Å². The number of ether oxygens (including phenoxy) is 2. The maximum atomic E-state index is 13.3. The van der Waals surface area contributed by atoms with Gasteiger partial charge in [-0.3, -0.25) is 4.79 Å². The minimum atomic E-state index is -0.299. The Morgan fingerprint density at radius 2 is 1.93 bits per heavy atom. The number of amides is 3. The lowest BCUT2D eigenvalue weighted by Crippen LogP contribution is -2.49. The summed E-state index contributed by atoms with van der Waals surface area (Å²) in [5.41, 5.74) is 0.443. The summed E-state index contributed by atoms with van der Waals surface area (Å²) in [7, 11) is 3.02. The highest BCUT2D eigenvalue weighted by Gasteiger charge is 2.30. The third kappa shape index (κ3) is 4.99. The van der Waals surface area contributed by atoms with Crippen LogP contribution in [-0.4, -0.2) is 55.1 Å². The van der Waals surface area contributed by atoms with Crippen molar-refractivity contribution < 1.29 is 23.5 Å². The van der Waals surface area contributed by atoms with E-state index in [-0.39, 0.29) is 18.0 Å². The normalized spacial score (nSPS) is 14.3. The smallest absolute Gasteiger partial charge is 0.322 e. The molecular weight excluding hydrogens is 410 g/mol. The summed E-state index contributed by atoms with van der Waals surface area (Å²) in [6.07, 6.45) is 2.96. The van der Waals surface area contributed by atoms with Crippen LogP contribution in [0.5, 0.6) is 11.5 Å². The number of anilines is 1. The first-order valence-corrected chi connectivity index (χ1v) is 10.1. The van der Waals surface area contributed by atoms with E-state index < -0.39 is 0 Å². The highest BCUT2D eigenvalue weighted by Crippen LogP contribution is 2.36. The summed E-state index contributed by atoms with van der Waals surface area (Å²) in [5.74, 6) is 1.62. The van der Waals surface area contributed by atoms with Gasteiger partial charge < -0.3 is 29.0 Å². The minimum absolute atomic E-state index is 0.0367. The number of methoxy groups -OCH3 is 2. The molecule has 2 heterocycles. The van der Waals surface area contributed by atoms with Gasteiger partial charge in [-0.1, -0.05) is 11.6 Å². The molecule has 0 bridgehead atoms. The topological polar surface area (TPSA) is 84.2 Å². The van der Waals surface area contributed by atoms with E-state index in [4.69, 9.17) is 25.5 Å². The Morgan fingerprint density at radius 1 is 1.23 bits per heavy atom. The summed E-state index contributed by atoms with van der Waals surface area (Å²) < 4.78 is 16.1. The highest BCUT2D eigenvalue weighted by atomic mass is 35.5. The average molecular weight is 436 g/mol. The number of rotatable bonds is 6. The molecule has 1 aromatic heterocycles. The van der Waals surface area contributed by atoms with Crippen LogP contribution >= 0.6 is 11.6 Å². The van der Waals surface area contributed by atoms with Crippen LogP contribution < -0.4 is 14.8 Å². The van der Waals surface area contributed by atoms with Crippen LogP contribution in [-0.2, 0) is 11.3 Å². The molecule has 1 aliphatic heterocycles. The first-order chi connectivity index (χ1) is 14.4. The van der Waals surface area contributed by atoms with Crippen molar-refractivity contribution in [3.8, 4) is 11.5 Å². The third-order valence-corrected chi connectivity index (χ3v) is 5.53. The molecular formula is C21H26ClN3O5. The number of hydrogen-bond acceptors (Lipinski definition) is 5. The zero-order valence-electron chi connectivity index (χ0n) is 17.3. The van der Waals surface area contributed by atoms with Crippen molar-refractivity contribution in [2.45, 2.75) is 32.4 Å². The predicted molar refractivity (Wildman–Crippen MR) is 113 cm³/mol. The number of carbonyl (C=O) groups excluding carboxylic acids is 2. The highest BCUT2D eigenvalue weighted by molar-refractivity contribution is 6.32. The van der Waals surface area contributed by atoms with Gasteiger partial charge in [-0.15, -0.1) is 0 Å². The number of urea groups is 1. The second-order valence-electron chi connectivity index (χ2n) is 7.06. The molecule has 0 unspecified atom stereocenters. The zero-order chi connectivity index (χ0) is 21.7. The Labute approximate surface area is 180 Å². The fourth-order valence-corrected chi connectivity index (χ4v) is 3.82. The van der Waals surface area contributed by atoms with Crippen molar-refractivity contribution in [3.05, 3.63) is 41.3 Å². The number of benzene rings is 1. The second kappa shape index (κ2) is 9.75. The Balaban J connectivity index is 1.80. The number of hydrogen-bond donors (Lipinski definition) is 1. The quantitative estimate of drug-likeness (QED) is 0.741. The molecule has 3 amide bonds. The Morgan fingerprint density at radius 3 is 2.50 bits per heavy atom. The van der Waals surface area contributed by atoms with E-state index in [2.05, 4.69) is 5.32 Å². The SMILES string of the molecule is COc1cc(OC)c(NC(=O)N(Cc2ccco2)C2CCN(C(C)=O)CC2)cc1Cl. The second-order valence-corrected chi connectivity index (χ2v) is 7.47. The van der Waals surface area contributed by atoms with E-state index in [0.29, 0.717) is 60.4 Å². The number of piperidine rings is 1. The molecule has 1 N–H and O–H groups in total. The van der Waals surface area contributed by atoms with Crippen LogP contribution in [0.3, 0.4) is 0 Å². The number of likely N-dealkylation sites (tertiary alicyclic amines) is 1. The first kappa shape index (κ1) is 21.8. The third-order valence-electron chi connectivity index (χ3n) is 5.23. The van der Waals surface area contributed by atoms with Crippen LogP contribution in [0.15, 0.2) is 34.9 Å². The van der Waals surface area contributed by atoms with E-state index in [0.717, 1.165) is 0 Å². The van der Waals surface area contributed by atoms with Crippen molar-refractivity contribution in [1.29, 1.82) is 0 Å². The molecule has 0 saturated carbocycles. The molecule has 0 aliphatic carbocycles. The van der Waals surface area contributed by atoms with Gasteiger partial charge in [0.05, 0.1) is 37.7 Å². The van der Waals surface area contributed by atoms with Crippen LogP contribution in [0.4, 0.5) is 10.5 Å². The lowest BCUT2D eigenvalue weighted by Gasteiger charge is -2.38. The number of halogens is 1. The summed E-state index contributed by atoms with van der Waals surface area (Å²) in [6, 6.07) is 6.50. The van der Waals surface area contributed by atoms with Crippen LogP contribution in [0, 0.1) is 0 Å². The summed E-state index contributed by atoms with van der Waals surface area (Å²) in [5, 5.41) is 3.26. The van der Waals surface area contributed by atoms with Crippen molar-refractivity contribution in [2.24, 2.45) is 0 Å². The van der Waals surface area contributed by atoms with E-state index in [1.165, 1.54) is 14.2 Å². The Kier molecular flexibility index (Phi) is 7.10. The van der Waals surface area contributed by atoms with Crippen molar-refractivity contribution >= 4 is 29.2 Å². The van der Waals surface area contributed by atoms with Gasteiger partial charge in [-0.25, -0.2) is 4.79 Å². The summed E-state index contributed by atoms with van der Waals surface area (Å²) in [4.78, 5) is 28.4. The average Bonchev–Trinajstić information content (AvgIpc) is 3.25. The lowest BCUT2D eigenvalue weighted by molar-refractivity contribution is -0.130. The monoisotopic (exact) mass is 435 g/mol. The predicted octanol–water partition coefficient (Wildman–Crippen LogP) is 4.00. The standard InChI is InChI=1S/C21H26ClN3O5/c1-14(26)24-8-6-15(7-9-24)25(13-16-5-4-10-30-16)21(27)23-18-11-17(22)19(28-2)12-20(18)29-3/h4-5,10-12,15H,6-9,13H2,1-3H3,(H,23,27). The van der Waals surface area contributed by atoms with Crippen molar-refractivity contribution in [1.82, 2.24) is 9.80 Å². The molecule has 1 aromatic carbocycles. The molecule has 0 spiro atoms. The molecule has 1 fully saturated rings. The molecule has 3 rings (SSSR count). The van der Waals surface area contributed by atoms with Gasteiger partial charge in [0.2, 0.25) is 5.91 Å². The number of furan rings is 1. The molecule has 0 radical (unpaired) electrons. The molecule has 1 saturated heterocycles. The van der Waals surface area contributed by atoms with Crippen LogP contribution in [0.1, 0.15) is 25.5 Å². The van der Waals surface area contributed by atoms with Crippen LogP contribution in [0.25, 0.3) is 0 Å². The van der Waals surface area contributed by atoms with Gasteiger partial charge in [0.1, 0.15) is 17.3 Å². The fraction of sp³-hybridized carbons (Fsp3) is 0.429. The van der Waals surface area contributed by atoms with E-state index in [9.17, 15) is 9.59 Å². The molecule has 8 nitrogen and oxygen atoms in total. The van der Waals surface area contributed by atoms with Gasteiger partial charge in [0.25, 0.3) is 0 Å². The minimum Gasteiger partial charge on any atom is -0.495 e. The maximum absolute atomic E-state index is 13.3. The molecule has 2 aromatic rings. The Bertz CT molecular complexity index is 879. The van der Waals surface area contributed by atoms with E-state index in [1.54, 1.807) is 41.2 Å². The molecule has 0 atom stereocenters. The number of nitrogens with one attached hydrogen (secondary N) is 1. The zero-order valence-corrected chi connectivity index (χ0v) is 18.1. The number of carbonyl (C=O) groups is 2.